The van der Waals surface area contributed by atoms with E-state index in [1.54, 1.807) is 37.3 Å². The van der Waals surface area contributed by atoms with E-state index in [2.05, 4.69) is 5.32 Å². The highest BCUT2D eigenvalue weighted by atomic mass is 35.5. The largest absolute Gasteiger partial charge is 0.495 e. The van der Waals surface area contributed by atoms with Crippen LogP contribution in [0.15, 0.2) is 47.4 Å². The molecule has 0 aliphatic rings. The van der Waals surface area contributed by atoms with E-state index in [1.807, 2.05) is 0 Å². The molecule has 1 N–H and O–H groups in total. The maximum atomic E-state index is 12.2. The van der Waals surface area contributed by atoms with E-state index >= 15 is 0 Å². The molecule has 138 valence electrons. The Labute approximate surface area is 158 Å². The van der Waals surface area contributed by atoms with E-state index < -0.39 is 29.3 Å². The molecule has 26 heavy (non-hydrogen) atoms. The van der Waals surface area contributed by atoms with E-state index in [9.17, 15) is 13.8 Å². The van der Waals surface area contributed by atoms with Crippen molar-refractivity contribution in [3.8, 4) is 5.75 Å². The summed E-state index contributed by atoms with van der Waals surface area (Å²) >= 11 is 5.99. The predicted molar refractivity (Wildman–Crippen MR) is 100 cm³/mol. The van der Waals surface area contributed by atoms with Crippen molar-refractivity contribution in [2.75, 3.05) is 24.8 Å². The molecule has 8 heteroatoms. The van der Waals surface area contributed by atoms with Crippen molar-refractivity contribution >= 4 is 40.0 Å². The Morgan fingerprint density at radius 3 is 2.58 bits per heavy atom. The molecule has 1 atom stereocenters. The molecule has 6 nitrogen and oxygen atoms in total. The molecular formula is C18H18ClNO5S. The second-order valence-electron chi connectivity index (χ2n) is 5.10. The molecule has 0 aromatic heterocycles. The van der Waals surface area contributed by atoms with Crippen LogP contribution in [0.5, 0.6) is 5.75 Å². The molecule has 0 spiro atoms. The van der Waals surface area contributed by atoms with Gasteiger partial charge in [0.05, 0.1) is 33.4 Å². The van der Waals surface area contributed by atoms with Crippen molar-refractivity contribution in [2.24, 2.45) is 0 Å². The SMILES string of the molecule is CC[S@](=O)c1ccccc1C(=O)OCC(=O)Nc1ccc(OC)c(Cl)c1. The fourth-order valence-electron chi connectivity index (χ4n) is 2.14. The van der Waals surface area contributed by atoms with Crippen LogP contribution < -0.4 is 10.1 Å². The Bertz CT molecular complexity index is 840. The number of anilines is 1. The zero-order chi connectivity index (χ0) is 19.1. The van der Waals surface area contributed by atoms with E-state index in [1.165, 1.54) is 19.2 Å². The molecule has 0 aliphatic carbocycles. The van der Waals surface area contributed by atoms with Gasteiger partial charge in [-0.2, -0.15) is 0 Å². The van der Waals surface area contributed by atoms with Gasteiger partial charge in [0.1, 0.15) is 5.75 Å². The minimum Gasteiger partial charge on any atom is -0.495 e. The lowest BCUT2D eigenvalue weighted by atomic mass is 10.2. The number of methoxy groups -OCH3 is 1. The second-order valence-corrected chi connectivity index (χ2v) is 7.22. The quantitative estimate of drug-likeness (QED) is 0.727. The van der Waals surface area contributed by atoms with Gasteiger partial charge in [-0.25, -0.2) is 4.79 Å². The minimum atomic E-state index is -1.30. The monoisotopic (exact) mass is 395 g/mol. The summed E-state index contributed by atoms with van der Waals surface area (Å²) < 4.78 is 22.1. The number of hydrogen-bond donors (Lipinski definition) is 1. The van der Waals surface area contributed by atoms with Crippen LogP contribution in [0.4, 0.5) is 5.69 Å². The zero-order valence-corrected chi connectivity index (χ0v) is 15.9. The van der Waals surface area contributed by atoms with Gasteiger partial charge in [-0.15, -0.1) is 0 Å². The lowest BCUT2D eigenvalue weighted by Gasteiger charge is -2.10. The van der Waals surface area contributed by atoms with Crippen LogP contribution in [0.2, 0.25) is 5.02 Å². The Kier molecular flexibility index (Phi) is 7.17. The minimum absolute atomic E-state index is 0.188. The van der Waals surface area contributed by atoms with Crippen LogP contribution in [0, 0.1) is 0 Å². The number of hydrogen-bond acceptors (Lipinski definition) is 5. The van der Waals surface area contributed by atoms with Crippen LogP contribution >= 0.6 is 11.6 Å². The van der Waals surface area contributed by atoms with E-state index in [0.29, 0.717) is 27.1 Å². The Morgan fingerprint density at radius 2 is 1.92 bits per heavy atom. The molecule has 1 amide bonds. The molecule has 2 aromatic rings. The summed E-state index contributed by atoms with van der Waals surface area (Å²) in [5.41, 5.74) is 0.636. The number of carbonyl (C=O) groups excluding carboxylic acids is 2. The first-order valence-electron chi connectivity index (χ1n) is 7.74. The Balaban J connectivity index is 1.98. The molecule has 0 aliphatic heterocycles. The van der Waals surface area contributed by atoms with E-state index in [-0.39, 0.29) is 5.56 Å². The van der Waals surface area contributed by atoms with Gasteiger partial charge in [0.25, 0.3) is 5.91 Å². The van der Waals surface area contributed by atoms with Gasteiger partial charge in [0, 0.05) is 11.4 Å². The number of halogens is 1. The highest BCUT2D eigenvalue weighted by Crippen LogP contribution is 2.27. The van der Waals surface area contributed by atoms with Gasteiger partial charge >= 0.3 is 5.97 Å². The lowest BCUT2D eigenvalue weighted by molar-refractivity contribution is -0.119. The van der Waals surface area contributed by atoms with Crippen LogP contribution in [-0.2, 0) is 20.3 Å². The molecule has 0 radical (unpaired) electrons. The molecule has 0 fully saturated rings. The third-order valence-corrected chi connectivity index (χ3v) is 5.05. The summed E-state index contributed by atoms with van der Waals surface area (Å²) in [5.74, 6) is -0.362. The molecule has 0 saturated heterocycles. The van der Waals surface area contributed by atoms with E-state index in [4.69, 9.17) is 21.1 Å². The van der Waals surface area contributed by atoms with Gasteiger partial charge in [0.15, 0.2) is 6.61 Å². The summed E-state index contributed by atoms with van der Waals surface area (Å²) in [6.07, 6.45) is 0. The number of carbonyl (C=O) groups is 2. The molecule has 0 bridgehead atoms. The van der Waals surface area contributed by atoms with Crippen LogP contribution in [0.3, 0.4) is 0 Å². The van der Waals surface area contributed by atoms with E-state index in [0.717, 1.165) is 0 Å². The maximum Gasteiger partial charge on any atom is 0.339 e. The summed E-state index contributed by atoms with van der Waals surface area (Å²) in [4.78, 5) is 24.6. The van der Waals surface area contributed by atoms with Gasteiger partial charge in [0.2, 0.25) is 0 Å². The van der Waals surface area contributed by atoms with Crippen molar-refractivity contribution in [1.82, 2.24) is 0 Å². The summed E-state index contributed by atoms with van der Waals surface area (Å²) in [5, 5.41) is 2.92. The molecule has 2 aromatic carbocycles. The lowest BCUT2D eigenvalue weighted by Crippen LogP contribution is -2.21. The summed E-state index contributed by atoms with van der Waals surface area (Å²) in [6.45, 7) is 1.28. The number of nitrogens with one attached hydrogen (secondary N) is 1. The van der Waals surface area contributed by atoms with Gasteiger partial charge in [-0.05, 0) is 30.3 Å². The standard InChI is InChI=1S/C18H18ClNO5S/c1-3-26(23)16-7-5-4-6-13(16)18(22)25-11-17(21)20-12-8-9-15(24-2)14(19)10-12/h4-10H,3,11H2,1-2H3,(H,20,21)/t26-/m0/s1. The average molecular weight is 396 g/mol. The first kappa shape index (κ1) is 19.9. The number of amides is 1. The highest BCUT2D eigenvalue weighted by Gasteiger charge is 2.17. The van der Waals surface area contributed by atoms with Crippen molar-refractivity contribution in [3.05, 3.63) is 53.1 Å². The third-order valence-electron chi connectivity index (χ3n) is 3.38. The molecule has 0 saturated carbocycles. The summed E-state index contributed by atoms with van der Waals surface area (Å²) in [7, 11) is 0.186. The van der Waals surface area contributed by atoms with Crippen molar-refractivity contribution in [3.63, 3.8) is 0 Å². The molecule has 0 heterocycles. The van der Waals surface area contributed by atoms with Crippen molar-refractivity contribution in [2.45, 2.75) is 11.8 Å². The third kappa shape index (κ3) is 5.06. The second kappa shape index (κ2) is 9.35. The number of esters is 1. The fourth-order valence-corrected chi connectivity index (χ4v) is 3.34. The zero-order valence-electron chi connectivity index (χ0n) is 14.3. The molecular weight excluding hydrogens is 378 g/mol. The van der Waals surface area contributed by atoms with Crippen LogP contribution in [-0.4, -0.2) is 35.6 Å². The number of rotatable bonds is 7. The van der Waals surface area contributed by atoms with Gasteiger partial charge in [-0.3, -0.25) is 9.00 Å². The van der Waals surface area contributed by atoms with Crippen molar-refractivity contribution < 1.29 is 23.3 Å². The predicted octanol–water partition coefficient (Wildman–Crippen LogP) is 3.27. The normalized spacial score (nSPS) is 11.5. The van der Waals surface area contributed by atoms with Crippen LogP contribution in [0.25, 0.3) is 0 Å². The molecule has 2 rings (SSSR count). The van der Waals surface area contributed by atoms with Gasteiger partial charge < -0.3 is 14.8 Å². The fraction of sp³-hybridized carbons (Fsp3) is 0.222. The Morgan fingerprint density at radius 1 is 1.19 bits per heavy atom. The van der Waals surface area contributed by atoms with Gasteiger partial charge in [-0.1, -0.05) is 30.7 Å². The first-order chi connectivity index (χ1) is 12.5. The first-order valence-corrected chi connectivity index (χ1v) is 9.43. The van der Waals surface area contributed by atoms with Crippen LogP contribution in [0.1, 0.15) is 17.3 Å². The Hall–Kier alpha value is -2.38. The van der Waals surface area contributed by atoms with Crippen molar-refractivity contribution in [1.29, 1.82) is 0 Å². The topological polar surface area (TPSA) is 81.7 Å². The molecule has 0 unspecified atom stereocenters. The average Bonchev–Trinajstić information content (AvgIpc) is 2.65. The number of ether oxygens (including phenoxy) is 2. The number of benzene rings is 2. The summed E-state index contributed by atoms with van der Waals surface area (Å²) in [6, 6.07) is 11.2. The smallest absolute Gasteiger partial charge is 0.339 e. The maximum absolute atomic E-state index is 12.2. The highest BCUT2D eigenvalue weighted by molar-refractivity contribution is 7.85.